The lowest BCUT2D eigenvalue weighted by molar-refractivity contribution is -0.132. The highest BCUT2D eigenvalue weighted by atomic mass is 16.3. The number of nitrogens with zero attached hydrogens (tertiary/aromatic N) is 1. The summed E-state index contributed by atoms with van der Waals surface area (Å²) >= 11 is 0. The molecule has 0 radical (unpaired) electrons. The van der Waals surface area contributed by atoms with Crippen molar-refractivity contribution in [1.29, 1.82) is 0 Å². The topological polar surface area (TPSA) is 86.8 Å². The van der Waals surface area contributed by atoms with Crippen LogP contribution in [0.3, 0.4) is 0 Å². The number of aliphatic hydroxyl groups excluding tert-OH is 2. The molecule has 3 atom stereocenters. The average molecular weight is 202 g/mol. The Morgan fingerprint density at radius 1 is 1.71 bits per heavy atom. The Kier molecular flexibility index (Phi) is 3.86. The fraction of sp³-hybridized carbons (Fsp3) is 0.889. The molecule has 5 heteroatoms. The molecule has 0 spiro atoms. The van der Waals surface area contributed by atoms with E-state index in [9.17, 15) is 9.90 Å². The minimum absolute atomic E-state index is 0.0274. The van der Waals surface area contributed by atoms with Gasteiger partial charge < -0.3 is 20.8 Å². The van der Waals surface area contributed by atoms with Crippen molar-refractivity contribution in [3.05, 3.63) is 0 Å². The van der Waals surface area contributed by atoms with E-state index < -0.39 is 12.1 Å². The predicted octanol–water partition coefficient (Wildman–Crippen LogP) is -1.46. The fourth-order valence-corrected chi connectivity index (χ4v) is 1.80. The maximum atomic E-state index is 11.5. The van der Waals surface area contributed by atoms with Gasteiger partial charge in [-0.3, -0.25) is 4.79 Å². The largest absolute Gasteiger partial charge is 0.394 e. The summed E-state index contributed by atoms with van der Waals surface area (Å²) in [4.78, 5) is 13.0. The maximum absolute atomic E-state index is 11.5. The number of carbonyl (C=O) groups excluding carboxylic acids is 1. The van der Waals surface area contributed by atoms with Crippen molar-refractivity contribution in [2.45, 2.75) is 25.5 Å². The van der Waals surface area contributed by atoms with Gasteiger partial charge in [-0.1, -0.05) is 0 Å². The molecular weight excluding hydrogens is 184 g/mol. The molecule has 0 aromatic heterocycles. The Morgan fingerprint density at radius 2 is 2.36 bits per heavy atom. The molecule has 0 aliphatic carbocycles. The van der Waals surface area contributed by atoms with Gasteiger partial charge in [-0.2, -0.15) is 0 Å². The lowest BCUT2D eigenvalue weighted by Gasteiger charge is -2.28. The van der Waals surface area contributed by atoms with Gasteiger partial charge in [-0.25, -0.2) is 0 Å². The summed E-state index contributed by atoms with van der Waals surface area (Å²) in [6.07, 6.45) is -0.278. The van der Waals surface area contributed by atoms with Crippen molar-refractivity contribution in [2.24, 2.45) is 11.7 Å². The third-order valence-corrected chi connectivity index (χ3v) is 2.72. The molecule has 1 aliphatic rings. The van der Waals surface area contributed by atoms with Gasteiger partial charge >= 0.3 is 0 Å². The number of carbonyl (C=O) groups is 1. The lowest BCUT2D eigenvalue weighted by atomic mass is 10.1. The Labute approximate surface area is 83.5 Å². The van der Waals surface area contributed by atoms with E-state index in [-0.39, 0.29) is 18.4 Å². The molecule has 1 aliphatic heterocycles. The normalized spacial score (nSPS) is 26.7. The zero-order chi connectivity index (χ0) is 10.7. The number of aliphatic hydroxyl groups is 2. The second kappa shape index (κ2) is 4.72. The molecule has 5 nitrogen and oxygen atoms in total. The molecule has 1 saturated heterocycles. The van der Waals surface area contributed by atoms with Gasteiger partial charge in [0.1, 0.15) is 0 Å². The smallest absolute Gasteiger partial charge is 0.223 e. The highest BCUT2D eigenvalue weighted by Crippen LogP contribution is 2.20. The summed E-state index contributed by atoms with van der Waals surface area (Å²) in [6, 6.07) is -0.487. The maximum Gasteiger partial charge on any atom is 0.223 e. The Morgan fingerprint density at radius 3 is 2.71 bits per heavy atom. The second-order valence-electron chi connectivity index (χ2n) is 3.84. The van der Waals surface area contributed by atoms with E-state index in [0.29, 0.717) is 19.5 Å². The van der Waals surface area contributed by atoms with E-state index in [1.807, 2.05) is 0 Å². The Bertz CT molecular complexity index is 208. The van der Waals surface area contributed by atoms with E-state index in [4.69, 9.17) is 10.8 Å². The highest BCUT2D eigenvalue weighted by molar-refractivity contribution is 5.79. The van der Waals surface area contributed by atoms with Crippen LogP contribution in [-0.2, 0) is 4.79 Å². The zero-order valence-corrected chi connectivity index (χ0v) is 8.39. The molecule has 0 aromatic rings. The summed E-state index contributed by atoms with van der Waals surface area (Å²) in [5.74, 6) is 0.135. The van der Waals surface area contributed by atoms with Gasteiger partial charge in [0.2, 0.25) is 5.91 Å². The molecule has 4 N–H and O–H groups in total. The van der Waals surface area contributed by atoms with Crippen molar-refractivity contribution in [3.8, 4) is 0 Å². The van der Waals surface area contributed by atoms with Crippen molar-refractivity contribution < 1.29 is 15.0 Å². The molecule has 14 heavy (non-hydrogen) atoms. The van der Waals surface area contributed by atoms with E-state index in [0.717, 1.165) is 0 Å². The highest BCUT2D eigenvalue weighted by Gasteiger charge is 2.35. The third-order valence-electron chi connectivity index (χ3n) is 2.72. The van der Waals surface area contributed by atoms with E-state index in [1.54, 1.807) is 6.92 Å². The SMILES string of the molecule is C[C@@H](O)[C@@H](CO)N1CC(CN)CC1=O. The zero-order valence-electron chi connectivity index (χ0n) is 8.39. The summed E-state index contributed by atoms with van der Waals surface area (Å²) in [7, 11) is 0. The standard InChI is InChI=1S/C9H18N2O3/c1-6(13)8(5-12)11-4-7(3-10)2-9(11)14/h6-8,12-13H,2-5,10H2,1H3/t6-,7?,8-/m1/s1. The van der Waals surface area contributed by atoms with E-state index in [1.165, 1.54) is 4.90 Å². The van der Waals surface area contributed by atoms with Gasteiger partial charge in [0.15, 0.2) is 0 Å². The molecule has 1 fully saturated rings. The molecule has 0 bridgehead atoms. The van der Waals surface area contributed by atoms with Crippen molar-refractivity contribution >= 4 is 5.91 Å². The minimum Gasteiger partial charge on any atom is -0.394 e. The average Bonchev–Trinajstić information content (AvgIpc) is 2.48. The van der Waals surface area contributed by atoms with Gasteiger partial charge in [0.05, 0.1) is 18.8 Å². The van der Waals surface area contributed by atoms with Crippen LogP contribution in [-0.4, -0.2) is 52.9 Å². The summed E-state index contributed by atoms with van der Waals surface area (Å²) < 4.78 is 0. The number of likely N-dealkylation sites (tertiary alicyclic amines) is 1. The summed E-state index contributed by atoms with van der Waals surface area (Å²) in [6.45, 7) is 2.39. The molecule has 0 saturated carbocycles. The van der Waals surface area contributed by atoms with Crippen LogP contribution in [0.4, 0.5) is 0 Å². The first-order chi connectivity index (χ1) is 6.60. The van der Waals surface area contributed by atoms with Crippen molar-refractivity contribution in [1.82, 2.24) is 4.90 Å². The number of hydrogen-bond acceptors (Lipinski definition) is 4. The predicted molar refractivity (Wildman–Crippen MR) is 51.4 cm³/mol. The summed E-state index contributed by atoms with van der Waals surface area (Å²) in [5.41, 5.74) is 5.47. The number of rotatable bonds is 4. The van der Waals surface area contributed by atoms with E-state index in [2.05, 4.69) is 0 Å². The molecule has 1 heterocycles. The molecule has 1 unspecified atom stereocenters. The minimum atomic E-state index is -0.708. The Balaban J connectivity index is 2.63. The number of amides is 1. The van der Waals surface area contributed by atoms with Crippen molar-refractivity contribution in [3.63, 3.8) is 0 Å². The van der Waals surface area contributed by atoms with E-state index >= 15 is 0 Å². The molecular formula is C9H18N2O3. The van der Waals surface area contributed by atoms with Crippen LogP contribution in [0.15, 0.2) is 0 Å². The summed E-state index contributed by atoms with van der Waals surface area (Å²) in [5, 5.41) is 18.4. The van der Waals surface area contributed by atoms with Crippen molar-refractivity contribution in [2.75, 3.05) is 19.7 Å². The second-order valence-corrected chi connectivity index (χ2v) is 3.84. The third kappa shape index (κ3) is 2.23. The Hall–Kier alpha value is -0.650. The quantitative estimate of drug-likeness (QED) is 0.520. The van der Waals surface area contributed by atoms with Crippen LogP contribution in [0.25, 0.3) is 0 Å². The molecule has 1 rings (SSSR count). The molecule has 1 amide bonds. The van der Waals surface area contributed by atoms with Gasteiger partial charge in [-0.15, -0.1) is 0 Å². The van der Waals surface area contributed by atoms with Crippen LogP contribution < -0.4 is 5.73 Å². The monoisotopic (exact) mass is 202 g/mol. The molecule has 82 valence electrons. The van der Waals surface area contributed by atoms with Crippen LogP contribution in [0.5, 0.6) is 0 Å². The van der Waals surface area contributed by atoms with Gasteiger partial charge in [0.25, 0.3) is 0 Å². The first kappa shape index (κ1) is 11.4. The van der Waals surface area contributed by atoms with Crippen LogP contribution >= 0.6 is 0 Å². The molecule has 0 aromatic carbocycles. The first-order valence-corrected chi connectivity index (χ1v) is 4.88. The first-order valence-electron chi connectivity index (χ1n) is 4.88. The van der Waals surface area contributed by atoms with Crippen LogP contribution in [0.1, 0.15) is 13.3 Å². The van der Waals surface area contributed by atoms with Gasteiger partial charge in [0, 0.05) is 13.0 Å². The van der Waals surface area contributed by atoms with Gasteiger partial charge in [-0.05, 0) is 19.4 Å². The number of nitrogens with two attached hydrogens (primary N) is 1. The lowest BCUT2D eigenvalue weighted by Crippen LogP contribution is -2.46. The number of hydrogen-bond donors (Lipinski definition) is 3. The fourth-order valence-electron chi connectivity index (χ4n) is 1.80. The van der Waals surface area contributed by atoms with Crippen LogP contribution in [0, 0.1) is 5.92 Å². The van der Waals surface area contributed by atoms with Crippen LogP contribution in [0.2, 0.25) is 0 Å².